The summed E-state index contributed by atoms with van der Waals surface area (Å²) >= 11 is 0.746. The Hall–Kier alpha value is 0.861. The van der Waals surface area contributed by atoms with E-state index in [0.29, 0.717) is 10.6 Å². The van der Waals surface area contributed by atoms with Gasteiger partial charge in [-0.05, 0) is 30.3 Å². The van der Waals surface area contributed by atoms with Gasteiger partial charge in [0.05, 0.1) is 0 Å². The van der Waals surface area contributed by atoms with Crippen LogP contribution in [0, 0.1) is 6.92 Å². The van der Waals surface area contributed by atoms with Crippen LogP contribution in [-0.4, -0.2) is 12.6 Å². The molecule has 0 radical (unpaired) electrons. The Kier molecular flexibility index (Phi) is 6.94. The van der Waals surface area contributed by atoms with Gasteiger partial charge < -0.3 is 18.7 Å². The largest absolute Gasteiger partial charge is 1.00 e. The number of hydrogen-bond acceptors (Lipinski definition) is 2. The zero-order chi connectivity index (χ0) is 10.8. The molecule has 15 heavy (non-hydrogen) atoms. The number of nitrogen functional groups attached to an aromatic ring is 1. The minimum absolute atomic E-state index is 0. The van der Waals surface area contributed by atoms with Crippen molar-refractivity contribution in [3.8, 4) is 0 Å². The summed E-state index contributed by atoms with van der Waals surface area (Å²) in [4.78, 5) is 0.504. The molecule has 0 aliphatic heterocycles. The summed E-state index contributed by atoms with van der Waals surface area (Å²) in [5, 5.41) is 0. The molecule has 0 aromatic heterocycles. The van der Waals surface area contributed by atoms with Crippen molar-refractivity contribution >= 4 is 24.4 Å². The summed E-state index contributed by atoms with van der Waals surface area (Å²) in [7, 11) is 0. The van der Waals surface area contributed by atoms with Crippen LogP contribution < -0.4 is 57.1 Å². The molecule has 0 saturated heterocycles. The summed E-state index contributed by atoms with van der Waals surface area (Å²) in [5.41, 5.74) is 6.01. The zero-order valence-corrected chi connectivity index (χ0v) is 12.6. The van der Waals surface area contributed by atoms with Crippen LogP contribution in [0.2, 0.25) is 0 Å². The van der Waals surface area contributed by atoms with Gasteiger partial charge in [0.2, 0.25) is 0 Å². The van der Waals surface area contributed by atoms with E-state index in [4.69, 9.17) is 5.73 Å². The average molecular weight is 259 g/mol. The van der Waals surface area contributed by atoms with Gasteiger partial charge in [0.15, 0.2) is 0 Å². The van der Waals surface area contributed by atoms with Crippen molar-refractivity contribution in [1.29, 1.82) is 0 Å². The topological polar surface area (TPSA) is 26.0 Å². The number of hydrogen-bond donors (Lipinski definition) is 1. The normalized spacial score (nSPS) is 10.9. The second-order valence-corrected chi connectivity index (χ2v) is 4.12. The number of thioether (sulfide) groups is 1. The fourth-order valence-electron chi connectivity index (χ4n) is 0.951. The van der Waals surface area contributed by atoms with Crippen LogP contribution in [0.4, 0.5) is 18.6 Å². The minimum atomic E-state index is -4.75. The van der Waals surface area contributed by atoms with Crippen LogP contribution in [0.3, 0.4) is 0 Å². The molecule has 0 bridgehead atoms. The van der Waals surface area contributed by atoms with E-state index in [0.717, 1.165) is 17.3 Å². The molecular weight excluding hydrogens is 249 g/mol. The number of nitrogens with two attached hydrogens (primary N) is 1. The first kappa shape index (κ1) is 15.9. The van der Waals surface area contributed by atoms with Crippen LogP contribution in [-0.2, 0) is 0 Å². The summed E-state index contributed by atoms with van der Waals surface area (Å²) in [5.74, 6) is 0. The van der Waals surface area contributed by atoms with Gasteiger partial charge in [0.25, 0.3) is 0 Å². The molecule has 1 aromatic carbocycles. The maximum absolute atomic E-state index is 12.0. The zero-order valence-electron chi connectivity index (χ0n) is 8.64. The van der Waals surface area contributed by atoms with E-state index in [2.05, 4.69) is 0 Å². The number of halogens is 3. The molecule has 0 aliphatic rings. The van der Waals surface area contributed by atoms with E-state index in [9.17, 15) is 12.9 Å². The number of rotatable bonds is 3. The third-order valence-electron chi connectivity index (χ3n) is 1.60. The predicted octanol–water partition coefficient (Wildman–Crippen LogP) is 0.0599. The smallest absolute Gasteiger partial charge is 0.448 e. The Morgan fingerprint density at radius 3 is 2.47 bits per heavy atom. The molecule has 0 aliphatic carbocycles. The number of anilines is 1. The Morgan fingerprint density at radius 2 is 1.93 bits per heavy atom. The molecule has 0 saturated carbocycles. The van der Waals surface area contributed by atoms with Crippen molar-refractivity contribution in [2.75, 3.05) is 11.4 Å². The van der Waals surface area contributed by atoms with Crippen molar-refractivity contribution in [3.63, 3.8) is 0 Å². The molecule has 2 N–H and O–H groups in total. The Balaban J connectivity index is 0.00000196. The fourth-order valence-corrected chi connectivity index (χ4v) is 1.82. The second-order valence-electron chi connectivity index (χ2n) is 3.06. The summed E-state index contributed by atoms with van der Waals surface area (Å²) in [6.07, 6.45) is 0. The quantitative estimate of drug-likeness (QED) is 0.472. The van der Waals surface area contributed by atoms with Crippen molar-refractivity contribution in [2.45, 2.75) is 11.8 Å². The van der Waals surface area contributed by atoms with Crippen LogP contribution in [0.25, 0.3) is 0 Å². The van der Waals surface area contributed by atoms with Crippen LogP contribution in [0.15, 0.2) is 23.1 Å². The van der Waals surface area contributed by atoms with E-state index in [1.165, 1.54) is 0 Å². The average Bonchev–Trinajstić information content (AvgIpc) is 2.05. The van der Waals surface area contributed by atoms with Crippen LogP contribution in [0.5, 0.6) is 0 Å². The molecule has 0 amide bonds. The Morgan fingerprint density at radius 1 is 1.33 bits per heavy atom. The van der Waals surface area contributed by atoms with Crippen molar-refractivity contribution < 1.29 is 64.3 Å². The molecule has 0 unspecified atom stereocenters. The van der Waals surface area contributed by atoms with Crippen molar-refractivity contribution in [1.82, 2.24) is 0 Å². The molecule has 1 aromatic rings. The molecule has 1 rings (SSSR count). The molecule has 0 fully saturated rings. The van der Waals surface area contributed by atoms with E-state index >= 15 is 0 Å². The maximum atomic E-state index is 12.0. The third-order valence-corrected chi connectivity index (χ3v) is 2.81. The van der Waals surface area contributed by atoms with Gasteiger partial charge in [-0.3, -0.25) is 0 Å². The van der Waals surface area contributed by atoms with E-state index in [1.807, 2.05) is 6.92 Å². The molecule has 78 valence electrons. The Bertz CT molecular complexity index is 332. The summed E-state index contributed by atoms with van der Waals surface area (Å²) in [6, 6.07) is 5.07. The molecule has 1 nitrogen and oxygen atoms in total. The van der Waals surface area contributed by atoms with E-state index in [1.54, 1.807) is 18.2 Å². The van der Waals surface area contributed by atoms with Gasteiger partial charge in [-0.25, -0.2) is 0 Å². The first-order valence-corrected chi connectivity index (χ1v) is 5.07. The fraction of sp³-hybridized carbons (Fsp3) is 0.250. The van der Waals surface area contributed by atoms with Gasteiger partial charge >= 0.3 is 58.4 Å². The standard InChI is InChI=1S/C8H10BF3NS.K/c1-6-2-3-7(13)8(4-6)14-5-9(10,11)12;/h2-4H,5,13H2,1H3;/q-1;+1. The number of aryl methyl sites for hydroxylation is 1. The molecule has 0 atom stereocenters. The first-order valence-electron chi connectivity index (χ1n) is 4.08. The SMILES string of the molecule is Cc1ccc(N)c(SC[B-](F)(F)F)c1.[K+]. The van der Waals surface area contributed by atoms with Crippen LogP contribution in [0.1, 0.15) is 5.56 Å². The number of benzene rings is 1. The molecule has 0 spiro atoms. The van der Waals surface area contributed by atoms with Crippen molar-refractivity contribution in [3.05, 3.63) is 23.8 Å². The second kappa shape index (κ2) is 6.56. The monoisotopic (exact) mass is 259 g/mol. The Labute approximate surface area is 134 Å². The van der Waals surface area contributed by atoms with Crippen LogP contribution >= 0.6 is 11.8 Å². The summed E-state index contributed by atoms with van der Waals surface area (Å²) in [6.45, 7) is -2.92. The maximum Gasteiger partial charge on any atom is 1.00 e. The first-order chi connectivity index (χ1) is 6.38. The predicted molar refractivity (Wildman–Crippen MR) is 55.4 cm³/mol. The van der Waals surface area contributed by atoms with Gasteiger partial charge in [-0.2, -0.15) is 11.8 Å². The van der Waals surface area contributed by atoms with Gasteiger partial charge in [0, 0.05) is 10.6 Å². The van der Waals surface area contributed by atoms with Gasteiger partial charge in [0.1, 0.15) is 0 Å². The minimum Gasteiger partial charge on any atom is -0.448 e. The van der Waals surface area contributed by atoms with E-state index in [-0.39, 0.29) is 51.4 Å². The summed E-state index contributed by atoms with van der Waals surface area (Å²) < 4.78 is 35.9. The third kappa shape index (κ3) is 6.23. The van der Waals surface area contributed by atoms with Gasteiger partial charge in [-0.1, -0.05) is 6.07 Å². The van der Waals surface area contributed by atoms with Crippen molar-refractivity contribution in [2.24, 2.45) is 0 Å². The molecule has 0 heterocycles. The van der Waals surface area contributed by atoms with Gasteiger partial charge in [-0.15, -0.1) is 0 Å². The van der Waals surface area contributed by atoms with E-state index < -0.39 is 12.6 Å². The molecular formula is C8H10BF3KNS. The molecule has 7 heteroatoms.